The molecule has 6 nitrogen and oxygen atoms in total. The van der Waals surface area contributed by atoms with E-state index < -0.39 is 38.3 Å². The molecule has 0 amide bonds. The molecule has 0 radical (unpaired) electrons. The lowest BCUT2D eigenvalue weighted by Gasteiger charge is -2.32. The van der Waals surface area contributed by atoms with Gasteiger partial charge in [-0.1, -0.05) is 26.0 Å². The first-order valence-corrected chi connectivity index (χ1v) is 12.0. The predicted octanol–water partition coefficient (Wildman–Crippen LogP) is 6.15. The largest absolute Gasteiger partial charge is 0.468 e. The smallest absolute Gasteiger partial charge is 0.430 e. The number of allylic oxidation sites excluding steroid dienone is 1. The molecule has 0 atom stereocenters. The minimum Gasteiger partial charge on any atom is -0.468 e. The van der Waals surface area contributed by atoms with Gasteiger partial charge >= 0.3 is 12.4 Å². The molecule has 198 valence electrons. The van der Waals surface area contributed by atoms with E-state index in [1.807, 2.05) is 0 Å². The zero-order valence-electron chi connectivity index (χ0n) is 19.5. The van der Waals surface area contributed by atoms with Gasteiger partial charge < -0.3 is 14.1 Å². The molecule has 2 heterocycles. The van der Waals surface area contributed by atoms with Gasteiger partial charge in [0.1, 0.15) is 21.6 Å². The van der Waals surface area contributed by atoms with E-state index in [9.17, 15) is 45.1 Å². The summed E-state index contributed by atoms with van der Waals surface area (Å²) in [7, 11) is -4.22. The van der Waals surface area contributed by atoms with Gasteiger partial charge in [-0.2, -0.15) is 31.6 Å². The van der Waals surface area contributed by atoms with E-state index in [1.54, 1.807) is 19.9 Å². The summed E-state index contributed by atoms with van der Waals surface area (Å²) in [6.45, 7) is 4.94. The van der Waals surface area contributed by atoms with Crippen LogP contribution in [0.3, 0.4) is 0 Å². The van der Waals surface area contributed by atoms with E-state index in [4.69, 9.17) is 4.42 Å². The van der Waals surface area contributed by atoms with Gasteiger partial charge in [0.25, 0.3) is 5.60 Å². The molecule has 0 saturated heterocycles. The number of furan rings is 1. The predicted molar refractivity (Wildman–Crippen MR) is 120 cm³/mol. The number of alkyl halides is 6. The van der Waals surface area contributed by atoms with Crippen LogP contribution in [0, 0.1) is 18.3 Å². The number of rotatable bonds is 6. The molecule has 0 bridgehead atoms. The average Bonchev–Trinajstić information content (AvgIpc) is 3.42. The van der Waals surface area contributed by atoms with E-state index in [0.717, 1.165) is 24.5 Å². The molecule has 0 spiro atoms. The van der Waals surface area contributed by atoms with Gasteiger partial charge in [0.05, 0.1) is 6.26 Å². The summed E-state index contributed by atoms with van der Waals surface area (Å²) in [5, 5.41) is 19.1. The van der Waals surface area contributed by atoms with Crippen LogP contribution in [0.15, 0.2) is 63.1 Å². The van der Waals surface area contributed by atoms with Gasteiger partial charge in [-0.25, -0.2) is 8.42 Å². The van der Waals surface area contributed by atoms with E-state index >= 15 is 0 Å². The molecule has 0 aliphatic heterocycles. The number of nitrogens with zero attached hydrogens (tertiary/aromatic N) is 2. The van der Waals surface area contributed by atoms with Gasteiger partial charge in [0.15, 0.2) is 0 Å². The standard InChI is InChI=1S/C24H20F6N2O4S/c1-14(2)20-11-16(10-19(12-31)37(34,35)21-8-9-36-15(21)3)13-32(20)18-6-4-17(5-7-18)22(33,23(25,26)27)24(28,29)30/h4-11,13-14,33H,1-3H3/b19-10+. The Kier molecular flexibility index (Phi) is 7.15. The topological polar surface area (TPSA) is 96.2 Å². The molecule has 0 aliphatic rings. The third-order valence-corrected chi connectivity index (χ3v) is 7.44. The summed E-state index contributed by atoms with van der Waals surface area (Å²) in [4.78, 5) is -0.790. The minimum absolute atomic E-state index is 0.0827. The van der Waals surface area contributed by atoms with Crippen molar-refractivity contribution < 1.29 is 44.3 Å². The van der Waals surface area contributed by atoms with Crippen molar-refractivity contribution in [1.82, 2.24) is 4.57 Å². The zero-order chi connectivity index (χ0) is 28.0. The second-order valence-electron chi connectivity index (χ2n) is 8.44. The molecule has 0 saturated carbocycles. The molecule has 3 rings (SSSR count). The van der Waals surface area contributed by atoms with Crippen molar-refractivity contribution in [2.45, 2.75) is 49.5 Å². The number of nitriles is 1. The molecule has 3 aromatic rings. The maximum atomic E-state index is 13.2. The van der Waals surface area contributed by atoms with Crippen LogP contribution in [-0.4, -0.2) is 30.4 Å². The number of aliphatic hydroxyl groups is 1. The average molecular weight is 546 g/mol. The second kappa shape index (κ2) is 9.42. The fraction of sp³-hybridized carbons (Fsp3) is 0.292. The van der Waals surface area contributed by atoms with Crippen LogP contribution in [0.1, 0.15) is 42.3 Å². The summed E-state index contributed by atoms with van der Waals surface area (Å²) < 4.78 is 111. The number of hydrogen-bond acceptors (Lipinski definition) is 5. The van der Waals surface area contributed by atoms with E-state index in [1.165, 1.54) is 29.8 Å². The van der Waals surface area contributed by atoms with Crippen LogP contribution < -0.4 is 0 Å². The molecular weight excluding hydrogens is 526 g/mol. The van der Waals surface area contributed by atoms with E-state index in [2.05, 4.69) is 0 Å². The Labute approximate surface area is 208 Å². The third-order valence-electron chi connectivity index (χ3n) is 5.64. The minimum atomic E-state index is -6.02. The number of hydrogen-bond donors (Lipinski definition) is 1. The first kappa shape index (κ1) is 28.1. The highest BCUT2D eigenvalue weighted by atomic mass is 32.2. The van der Waals surface area contributed by atoms with Gasteiger partial charge in [0.2, 0.25) is 9.84 Å². The Hall–Kier alpha value is -3.50. The van der Waals surface area contributed by atoms with Crippen LogP contribution in [0.5, 0.6) is 0 Å². The number of benzene rings is 1. The molecule has 0 fully saturated rings. The van der Waals surface area contributed by atoms with E-state index in [0.29, 0.717) is 17.8 Å². The number of aromatic nitrogens is 1. The molecule has 0 aliphatic carbocycles. The van der Waals surface area contributed by atoms with E-state index in [-0.39, 0.29) is 27.8 Å². The normalized spacial score (nSPS) is 13.7. The third kappa shape index (κ3) is 4.91. The van der Waals surface area contributed by atoms with Crippen LogP contribution in [0.2, 0.25) is 0 Å². The summed E-state index contributed by atoms with van der Waals surface area (Å²) >= 11 is 0. The highest BCUT2D eigenvalue weighted by Crippen LogP contribution is 2.50. The van der Waals surface area contributed by atoms with Gasteiger partial charge in [-0.15, -0.1) is 0 Å². The fourth-order valence-electron chi connectivity index (χ4n) is 3.69. The highest BCUT2D eigenvalue weighted by Gasteiger charge is 2.71. The first-order chi connectivity index (χ1) is 16.9. The van der Waals surface area contributed by atoms with Crippen molar-refractivity contribution in [3.63, 3.8) is 0 Å². The summed E-state index contributed by atoms with van der Waals surface area (Å²) in [6.07, 6.45) is -8.39. The van der Waals surface area contributed by atoms with Crippen molar-refractivity contribution in [3.05, 3.63) is 76.3 Å². The van der Waals surface area contributed by atoms with Crippen LogP contribution in [0.25, 0.3) is 11.8 Å². The number of aryl methyl sites for hydroxylation is 1. The van der Waals surface area contributed by atoms with Gasteiger partial charge in [-0.3, -0.25) is 0 Å². The molecule has 1 aromatic carbocycles. The molecule has 2 aromatic heterocycles. The molecule has 13 heteroatoms. The Bertz CT molecular complexity index is 1460. The maximum absolute atomic E-state index is 13.2. The zero-order valence-corrected chi connectivity index (χ0v) is 20.3. The number of sulfone groups is 1. The first-order valence-electron chi connectivity index (χ1n) is 10.5. The van der Waals surface area contributed by atoms with Crippen LogP contribution >= 0.6 is 0 Å². The summed E-state index contributed by atoms with van der Waals surface area (Å²) in [6, 6.07) is 7.34. The Morgan fingerprint density at radius 3 is 2.08 bits per heavy atom. The Morgan fingerprint density at radius 2 is 1.65 bits per heavy atom. The lowest BCUT2D eigenvalue weighted by molar-refractivity contribution is -0.376. The monoisotopic (exact) mass is 546 g/mol. The molecular formula is C24H20F6N2O4S. The van der Waals surface area contributed by atoms with Crippen molar-refractivity contribution >= 4 is 15.9 Å². The SMILES string of the molecule is Cc1occc1S(=O)(=O)/C(C#N)=C/c1cc(C(C)C)n(-c2ccc(C(O)(C(F)(F)F)C(F)(F)F)cc2)c1. The molecule has 37 heavy (non-hydrogen) atoms. The fourth-order valence-corrected chi connectivity index (χ4v) is 5.00. The maximum Gasteiger partial charge on any atom is 0.430 e. The summed E-state index contributed by atoms with van der Waals surface area (Å²) in [5.41, 5.74) is -5.56. The quantitative estimate of drug-likeness (QED) is 0.296. The lowest BCUT2D eigenvalue weighted by Crippen LogP contribution is -2.53. The van der Waals surface area contributed by atoms with Crippen LogP contribution in [0.4, 0.5) is 26.3 Å². The van der Waals surface area contributed by atoms with Crippen molar-refractivity contribution in [2.24, 2.45) is 0 Å². The second-order valence-corrected chi connectivity index (χ2v) is 10.3. The van der Waals surface area contributed by atoms with Crippen molar-refractivity contribution in [1.29, 1.82) is 5.26 Å². The van der Waals surface area contributed by atoms with Crippen molar-refractivity contribution in [3.8, 4) is 11.8 Å². The highest BCUT2D eigenvalue weighted by molar-refractivity contribution is 7.95. The Morgan fingerprint density at radius 1 is 1.08 bits per heavy atom. The molecule has 0 unspecified atom stereocenters. The lowest BCUT2D eigenvalue weighted by atomic mass is 9.92. The summed E-state index contributed by atoms with van der Waals surface area (Å²) in [5.74, 6) is -0.137. The van der Waals surface area contributed by atoms with Crippen LogP contribution in [-0.2, 0) is 15.4 Å². The Balaban J connectivity index is 2.10. The van der Waals surface area contributed by atoms with Crippen molar-refractivity contribution in [2.75, 3.05) is 0 Å². The number of halogens is 6. The molecule has 1 N–H and O–H groups in total. The van der Waals surface area contributed by atoms with Gasteiger partial charge in [-0.05, 0) is 48.7 Å². The van der Waals surface area contributed by atoms with Gasteiger partial charge in [0, 0.05) is 23.1 Å².